The minimum atomic E-state index is -0.234. The Morgan fingerprint density at radius 2 is 0.646 bits per heavy atom. The highest BCUT2D eigenvalue weighted by Crippen LogP contribution is 2.53. The van der Waals surface area contributed by atoms with E-state index < -0.39 is 0 Å². The zero-order valence-electron chi connectivity index (χ0n) is 46.3. The van der Waals surface area contributed by atoms with E-state index in [9.17, 15) is 5.26 Å². The summed E-state index contributed by atoms with van der Waals surface area (Å²) >= 11 is 0. The Kier molecular flexibility index (Phi) is 13.0. The van der Waals surface area contributed by atoms with E-state index in [0.717, 1.165) is 56.4 Å². The number of hydrogen-bond acceptors (Lipinski definition) is 3. The molecule has 0 spiro atoms. The summed E-state index contributed by atoms with van der Waals surface area (Å²) in [5.74, 6) is 0. The second-order valence-corrected chi connectivity index (χ2v) is 22.4. The summed E-state index contributed by atoms with van der Waals surface area (Å²) in [6.07, 6.45) is 8.87. The third-order valence-electron chi connectivity index (χ3n) is 16.7. The molecule has 11 aromatic rings. The van der Waals surface area contributed by atoms with E-state index in [1.807, 2.05) is 60.7 Å². The number of nitrogens with zero attached hydrogens (tertiary/aromatic N) is 4. The van der Waals surface area contributed by atoms with Crippen LogP contribution in [0.5, 0.6) is 0 Å². The molecule has 11 aromatic carbocycles. The van der Waals surface area contributed by atoms with E-state index >= 15 is 0 Å². The van der Waals surface area contributed by atoms with Crippen molar-refractivity contribution in [1.29, 1.82) is 5.26 Å². The molecule has 82 heavy (non-hydrogen) atoms. The maximum Gasteiger partial charge on any atom is 0.187 e. The van der Waals surface area contributed by atoms with Gasteiger partial charge >= 0.3 is 0 Å². The largest absolute Gasteiger partial charge is 0.311 e. The Labute approximate surface area is 482 Å². The van der Waals surface area contributed by atoms with Crippen LogP contribution in [0.15, 0.2) is 255 Å². The topological polar surface area (TPSA) is 34.6 Å². The van der Waals surface area contributed by atoms with Gasteiger partial charge in [0.2, 0.25) is 0 Å². The van der Waals surface area contributed by atoms with Crippen LogP contribution in [0.1, 0.15) is 77.8 Å². The van der Waals surface area contributed by atoms with Crippen LogP contribution in [0, 0.1) is 17.9 Å². The smallest absolute Gasteiger partial charge is 0.187 e. The first-order chi connectivity index (χ1) is 40.0. The molecule has 0 saturated carbocycles. The molecule has 0 fully saturated rings. The molecule has 0 heterocycles. The summed E-state index contributed by atoms with van der Waals surface area (Å²) in [7, 11) is 0. The van der Waals surface area contributed by atoms with Crippen molar-refractivity contribution >= 4 is 64.1 Å². The van der Waals surface area contributed by atoms with Gasteiger partial charge in [0.25, 0.3) is 0 Å². The summed E-state index contributed by atoms with van der Waals surface area (Å²) in [4.78, 5) is 8.25. The van der Waals surface area contributed by atoms with Gasteiger partial charge in [0.15, 0.2) is 5.69 Å². The summed E-state index contributed by atoms with van der Waals surface area (Å²) in [6, 6.07) is 92.7. The van der Waals surface area contributed by atoms with Crippen LogP contribution < -0.4 is 9.80 Å². The van der Waals surface area contributed by atoms with Gasteiger partial charge in [0.1, 0.15) is 0 Å². The van der Waals surface area contributed by atoms with Gasteiger partial charge in [-0.1, -0.05) is 222 Å². The highest BCUT2D eigenvalue weighted by molar-refractivity contribution is 5.90. The van der Waals surface area contributed by atoms with Crippen molar-refractivity contribution in [3.63, 3.8) is 0 Å². The van der Waals surface area contributed by atoms with Crippen LogP contribution in [-0.4, -0.2) is 0 Å². The molecule has 0 aromatic heterocycles. The summed E-state index contributed by atoms with van der Waals surface area (Å²) < 4.78 is 0. The van der Waals surface area contributed by atoms with Gasteiger partial charge in [-0.05, 0) is 174 Å². The number of fused-ring (bicyclic) bond motifs is 6. The Balaban J connectivity index is 0.711. The third-order valence-corrected chi connectivity index (χ3v) is 16.7. The summed E-state index contributed by atoms with van der Waals surface area (Å²) in [5, 5.41) is 9.62. The number of anilines is 6. The maximum absolute atomic E-state index is 9.62. The third kappa shape index (κ3) is 9.47. The second kappa shape index (κ2) is 20.9. The molecule has 0 saturated heterocycles. The standard InChI is InChI=1S/C78H58N4/c1-77(2)73-48-55(26-44-69(73)71-46-42-67(50-75(71)77)81(63-34-24-57(52-79)25-35-63)64-36-28-60(29-37-64)58-12-8-6-9-13-58)22-20-53-16-18-54(19-17-53)21-23-56-27-45-70-72-47-43-68(51-76(72)78(3,4)74(70)49-56)82(66-40-32-62(80-5)33-41-66)65-38-30-61(31-39-65)59-14-10-7-11-15-59/h6-51H,1-4H3. The minimum absolute atomic E-state index is 0.232. The van der Waals surface area contributed by atoms with E-state index in [1.54, 1.807) is 0 Å². The monoisotopic (exact) mass is 1050 g/mol. The fraction of sp³-hybridized carbons (Fsp3) is 0.0769. The molecule has 4 heteroatoms. The zero-order chi connectivity index (χ0) is 56.0. The van der Waals surface area contributed by atoms with E-state index in [0.29, 0.717) is 11.3 Å². The van der Waals surface area contributed by atoms with Crippen molar-refractivity contribution in [2.75, 3.05) is 9.80 Å². The van der Waals surface area contributed by atoms with Crippen LogP contribution in [-0.2, 0) is 10.8 Å². The molecule has 2 aliphatic rings. The number of benzene rings is 11. The lowest BCUT2D eigenvalue weighted by Crippen LogP contribution is -2.16. The minimum Gasteiger partial charge on any atom is -0.311 e. The number of nitriles is 1. The number of rotatable bonds is 12. The van der Waals surface area contributed by atoms with Crippen molar-refractivity contribution in [2.24, 2.45) is 0 Å². The molecular weight excluding hydrogens is 993 g/mol. The molecule has 0 amide bonds. The van der Waals surface area contributed by atoms with Crippen LogP contribution in [0.3, 0.4) is 0 Å². The normalized spacial score (nSPS) is 13.2. The van der Waals surface area contributed by atoms with Crippen molar-refractivity contribution in [3.05, 3.63) is 316 Å². The Morgan fingerprint density at radius 1 is 0.341 bits per heavy atom. The van der Waals surface area contributed by atoms with Crippen molar-refractivity contribution in [3.8, 4) is 50.6 Å². The Bertz CT molecular complexity index is 4060. The maximum atomic E-state index is 9.62. The van der Waals surface area contributed by atoms with E-state index in [4.69, 9.17) is 6.57 Å². The van der Waals surface area contributed by atoms with Gasteiger partial charge in [-0.3, -0.25) is 0 Å². The first-order valence-electron chi connectivity index (χ1n) is 28.0. The second-order valence-electron chi connectivity index (χ2n) is 22.4. The van der Waals surface area contributed by atoms with Crippen molar-refractivity contribution < 1.29 is 0 Å². The first kappa shape index (κ1) is 51.0. The van der Waals surface area contributed by atoms with Gasteiger partial charge in [-0.15, -0.1) is 0 Å². The Morgan fingerprint density at radius 3 is 1.02 bits per heavy atom. The van der Waals surface area contributed by atoms with Gasteiger partial charge in [-0.25, -0.2) is 4.85 Å². The molecular formula is C78H58N4. The molecule has 0 N–H and O–H groups in total. The lowest BCUT2D eigenvalue weighted by atomic mass is 9.81. The van der Waals surface area contributed by atoms with Crippen LogP contribution in [0.4, 0.5) is 39.8 Å². The molecule has 0 aliphatic heterocycles. The van der Waals surface area contributed by atoms with E-state index in [2.05, 4.69) is 267 Å². The predicted octanol–water partition coefficient (Wildman–Crippen LogP) is 21.3. The van der Waals surface area contributed by atoms with Gasteiger partial charge in [0.05, 0.1) is 18.2 Å². The average molecular weight is 1050 g/mol. The fourth-order valence-corrected chi connectivity index (χ4v) is 12.2. The lowest BCUT2D eigenvalue weighted by molar-refractivity contribution is 0.660. The molecule has 0 unspecified atom stereocenters. The van der Waals surface area contributed by atoms with Crippen LogP contribution in [0.2, 0.25) is 0 Å². The zero-order valence-corrected chi connectivity index (χ0v) is 46.3. The van der Waals surface area contributed by atoms with Crippen LogP contribution in [0.25, 0.3) is 73.7 Å². The van der Waals surface area contributed by atoms with Gasteiger partial charge in [-0.2, -0.15) is 5.26 Å². The van der Waals surface area contributed by atoms with Crippen molar-refractivity contribution in [1.82, 2.24) is 0 Å². The molecule has 13 rings (SSSR count). The SMILES string of the molecule is [C-]#[N+]c1ccc(N(c2ccc(-c3ccccc3)cc2)c2ccc3c(c2)C(C)(C)c2cc(C=Cc4ccc(C=Cc5ccc6c(c5)C(C)(C)c5cc(N(c7ccc(C#N)cc7)c7ccc(-c8ccccc8)cc7)ccc5-6)cc4)ccc2-3)cc1. The molecule has 0 radical (unpaired) electrons. The van der Waals surface area contributed by atoms with Gasteiger partial charge < -0.3 is 9.80 Å². The predicted molar refractivity (Wildman–Crippen MR) is 344 cm³/mol. The average Bonchev–Trinajstić information content (AvgIpc) is 3.95. The lowest BCUT2D eigenvalue weighted by Gasteiger charge is -2.28. The van der Waals surface area contributed by atoms with E-state index in [1.165, 1.54) is 66.8 Å². The molecule has 2 aliphatic carbocycles. The summed E-state index contributed by atoms with van der Waals surface area (Å²) in [5.41, 5.74) is 26.6. The highest BCUT2D eigenvalue weighted by atomic mass is 15.1. The van der Waals surface area contributed by atoms with E-state index in [-0.39, 0.29) is 10.8 Å². The number of hydrogen-bond donors (Lipinski definition) is 0. The van der Waals surface area contributed by atoms with Crippen molar-refractivity contribution in [2.45, 2.75) is 38.5 Å². The molecule has 390 valence electrons. The van der Waals surface area contributed by atoms with Gasteiger partial charge in [0, 0.05) is 45.0 Å². The highest BCUT2D eigenvalue weighted by Gasteiger charge is 2.38. The quantitative estimate of drug-likeness (QED) is 0.0903. The molecule has 0 bridgehead atoms. The fourth-order valence-electron chi connectivity index (χ4n) is 12.2. The van der Waals surface area contributed by atoms with Crippen LogP contribution >= 0.6 is 0 Å². The molecule has 4 nitrogen and oxygen atoms in total. The summed E-state index contributed by atoms with van der Waals surface area (Å²) in [6.45, 7) is 16.9. The first-order valence-corrected chi connectivity index (χ1v) is 28.0. The molecule has 0 atom stereocenters. The Hall–Kier alpha value is -10.5.